The number of rotatable bonds is 5. The number of thioether (sulfide) groups is 1. The Labute approximate surface area is 154 Å². The molecule has 1 amide bonds. The van der Waals surface area contributed by atoms with E-state index in [-0.39, 0.29) is 10.8 Å². The van der Waals surface area contributed by atoms with Crippen molar-refractivity contribution in [3.8, 4) is 0 Å². The van der Waals surface area contributed by atoms with Gasteiger partial charge in [0.2, 0.25) is 15.9 Å². The number of likely N-dealkylation sites (tertiary alicyclic amines) is 1. The molecule has 1 aromatic rings. The first-order valence-corrected chi connectivity index (χ1v) is 11.3. The van der Waals surface area contributed by atoms with Crippen molar-refractivity contribution >= 4 is 27.7 Å². The summed E-state index contributed by atoms with van der Waals surface area (Å²) >= 11 is 1.37. The molecule has 0 spiro atoms. The van der Waals surface area contributed by atoms with Gasteiger partial charge in [-0.3, -0.25) is 4.79 Å². The van der Waals surface area contributed by atoms with Crippen molar-refractivity contribution < 1.29 is 13.2 Å². The molecule has 0 aromatic carbocycles. The van der Waals surface area contributed by atoms with Crippen LogP contribution in [0.5, 0.6) is 0 Å². The maximum Gasteiger partial charge on any atom is 0.244 e. The number of amides is 1. The van der Waals surface area contributed by atoms with Gasteiger partial charge in [0, 0.05) is 31.9 Å². The van der Waals surface area contributed by atoms with Gasteiger partial charge < -0.3 is 4.90 Å². The first kappa shape index (κ1) is 18.7. The fourth-order valence-electron chi connectivity index (χ4n) is 3.37. The van der Waals surface area contributed by atoms with E-state index in [0.29, 0.717) is 29.9 Å². The molecular weight excluding hydrogens is 358 g/mol. The summed E-state index contributed by atoms with van der Waals surface area (Å²) in [7, 11) is -3.42. The second kappa shape index (κ2) is 8.05. The van der Waals surface area contributed by atoms with E-state index in [0.717, 1.165) is 32.2 Å². The van der Waals surface area contributed by atoms with E-state index in [2.05, 4.69) is 11.9 Å². The van der Waals surface area contributed by atoms with Gasteiger partial charge in [0.15, 0.2) is 0 Å². The zero-order chi connectivity index (χ0) is 17.9. The number of aromatic nitrogens is 1. The van der Waals surface area contributed by atoms with Crippen LogP contribution in [-0.4, -0.2) is 59.9 Å². The van der Waals surface area contributed by atoms with Crippen LogP contribution in [0.2, 0.25) is 0 Å². The van der Waals surface area contributed by atoms with Crippen LogP contribution in [0, 0.1) is 0 Å². The van der Waals surface area contributed by atoms with Crippen molar-refractivity contribution in [3.63, 3.8) is 0 Å². The average molecular weight is 384 g/mol. The van der Waals surface area contributed by atoms with Gasteiger partial charge >= 0.3 is 0 Å². The number of piperidine rings is 1. The molecule has 138 valence electrons. The molecule has 2 aliphatic rings. The highest BCUT2D eigenvalue weighted by atomic mass is 32.2. The van der Waals surface area contributed by atoms with Gasteiger partial charge in [-0.2, -0.15) is 4.31 Å². The average Bonchev–Trinajstić information content (AvgIpc) is 3.16. The Morgan fingerprint density at radius 3 is 2.56 bits per heavy atom. The third-order valence-electron chi connectivity index (χ3n) is 4.88. The monoisotopic (exact) mass is 383 g/mol. The molecule has 1 atom stereocenters. The Bertz CT molecular complexity index is 700. The molecule has 1 aromatic heterocycles. The lowest BCUT2D eigenvalue weighted by atomic mass is 10.0. The number of pyridine rings is 1. The van der Waals surface area contributed by atoms with E-state index in [1.54, 1.807) is 12.1 Å². The van der Waals surface area contributed by atoms with Crippen molar-refractivity contribution in [2.24, 2.45) is 0 Å². The number of nitrogens with zero attached hydrogens (tertiary/aromatic N) is 3. The Balaban J connectivity index is 1.58. The van der Waals surface area contributed by atoms with Crippen molar-refractivity contribution in [1.82, 2.24) is 14.2 Å². The fourth-order valence-corrected chi connectivity index (χ4v) is 5.56. The molecule has 2 aliphatic heterocycles. The second-order valence-electron chi connectivity index (χ2n) is 6.66. The largest absolute Gasteiger partial charge is 0.339 e. The van der Waals surface area contributed by atoms with Gasteiger partial charge in [0.25, 0.3) is 0 Å². The zero-order valence-electron chi connectivity index (χ0n) is 14.6. The normalized spacial score (nSPS) is 22.3. The van der Waals surface area contributed by atoms with Crippen LogP contribution < -0.4 is 0 Å². The summed E-state index contributed by atoms with van der Waals surface area (Å²) in [6, 6.07) is 3.60. The highest BCUT2D eigenvalue weighted by Gasteiger charge is 2.27. The summed E-state index contributed by atoms with van der Waals surface area (Å²) in [4.78, 5) is 18.8. The Morgan fingerprint density at radius 1 is 1.20 bits per heavy atom. The standard InChI is InChI=1S/C17H25N3O3S2/c1-14-6-2-3-11-20(14)17(21)13-24-16-8-7-15(12-18-16)25(22,23)19-9-4-5-10-19/h7-8,12,14H,2-6,9-11,13H2,1H3/t14-/m0/s1. The van der Waals surface area contributed by atoms with E-state index in [4.69, 9.17) is 0 Å². The van der Waals surface area contributed by atoms with Crippen LogP contribution in [-0.2, 0) is 14.8 Å². The SMILES string of the molecule is C[C@H]1CCCCN1C(=O)CSc1ccc(S(=O)(=O)N2CCCC2)cn1. The second-order valence-corrected chi connectivity index (χ2v) is 9.60. The van der Waals surface area contributed by atoms with Crippen molar-refractivity contribution in [3.05, 3.63) is 18.3 Å². The molecular formula is C17H25N3O3S2. The number of carbonyl (C=O) groups excluding carboxylic acids is 1. The first-order chi connectivity index (χ1) is 12.0. The molecule has 3 rings (SSSR count). The molecule has 6 nitrogen and oxygen atoms in total. The first-order valence-electron chi connectivity index (χ1n) is 8.87. The fraction of sp³-hybridized carbons (Fsp3) is 0.647. The Hall–Kier alpha value is -1.12. The van der Waals surface area contributed by atoms with E-state index in [9.17, 15) is 13.2 Å². The van der Waals surface area contributed by atoms with Crippen molar-refractivity contribution in [2.45, 2.75) is 55.0 Å². The number of hydrogen-bond acceptors (Lipinski definition) is 5. The smallest absolute Gasteiger partial charge is 0.244 e. The summed E-state index contributed by atoms with van der Waals surface area (Å²) in [5.74, 6) is 0.475. The maximum absolute atomic E-state index is 12.5. The molecule has 0 saturated carbocycles. The summed E-state index contributed by atoms with van der Waals surface area (Å²) in [6.45, 7) is 4.10. The van der Waals surface area contributed by atoms with E-state index in [1.807, 2.05) is 4.90 Å². The third-order valence-corrected chi connectivity index (χ3v) is 7.69. The van der Waals surface area contributed by atoms with Gasteiger partial charge in [-0.25, -0.2) is 13.4 Å². The lowest BCUT2D eigenvalue weighted by Crippen LogP contribution is -2.42. The van der Waals surface area contributed by atoms with Crippen LogP contribution in [0.4, 0.5) is 0 Å². The Morgan fingerprint density at radius 2 is 1.92 bits per heavy atom. The predicted molar refractivity (Wildman–Crippen MR) is 98.0 cm³/mol. The third kappa shape index (κ3) is 4.35. The molecule has 0 bridgehead atoms. The topological polar surface area (TPSA) is 70.6 Å². The lowest BCUT2D eigenvalue weighted by Gasteiger charge is -2.33. The molecule has 25 heavy (non-hydrogen) atoms. The Kier molecular flexibility index (Phi) is 6.01. The lowest BCUT2D eigenvalue weighted by molar-refractivity contribution is -0.131. The van der Waals surface area contributed by atoms with Crippen LogP contribution in [0.1, 0.15) is 39.0 Å². The van der Waals surface area contributed by atoms with Crippen LogP contribution in [0.3, 0.4) is 0 Å². The van der Waals surface area contributed by atoms with E-state index in [1.165, 1.54) is 28.7 Å². The van der Waals surface area contributed by atoms with Crippen LogP contribution in [0.15, 0.2) is 28.3 Å². The summed E-state index contributed by atoms with van der Waals surface area (Å²) < 4.78 is 26.5. The summed E-state index contributed by atoms with van der Waals surface area (Å²) in [5.41, 5.74) is 0. The summed E-state index contributed by atoms with van der Waals surface area (Å²) in [6.07, 6.45) is 6.56. The molecule has 0 unspecified atom stereocenters. The van der Waals surface area contributed by atoms with Gasteiger partial charge in [0.05, 0.1) is 10.8 Å². The maximum atomic E-state index is 12.5. The molecule has 2 fully saturated rings. The van der Waals surface area contributed by atoms with Gasteiger partial charge in [0.1, 0.15) is 4.90 Å². The number of sulfonamides is 1. The molecule has 0 radical (unpaired) electrons. The molecule has 2 saturated heterocycles. The van der Waals surface area contributed by atoms with E-state index < -0.39 is 10.0 Å². The van der Waals surface area contributed by atoms with Crippen molar-refractivity contribution in [1.29, 1.82) is 0 Å². The number of carbonyl (C=O) groups is 1. The van der Waals surface area contributed by atoms with E-state index >= 15 is 0 Å². The van der Waals surface area contributed by atoms with Gasteiger partial charge in [-0.15, -0.1) is 0 Å². The molecule has 0 aliphatic carbocycles. The van der Waals surface area contributed by atoms with Crippen LogP contribution in [0.25, 0.3) is 0 Å². The molecule has 0 N–H and O–H groups in total. The minimum atomic E-state index is -3.42. The zero-order valence-corrected chi connectivity index (χ0v) is 16.2. The molecule has 8 heteroatoms. The molecule has 3 heterocycles. The van der Waals surface area contributed by atoms with Crippen LogP contribution >= 0.6 is 11.8 Å². The van der Waals surface area contributed by atoms with Gasteiger partial charge in [-0.1, -0.05) is 11.8 Å². The minimum Gasteiger partial charge on any atom is -0.339 e. The highest BCUT2D eigenvalue weighted by molar-refractivity contribution is 7.99. The summed E-state index contributed by atoms with van der Waals surface area (Å²) in [5, 5.41) is 0.679. The quantitative estimate of drug-likeness (QED) is 0.730. The minimum absolute atomic E-state index is 0.132. The highest BCUT2D eigenvalue weighted by Crippen LogP contribution is 2.24. The van der Waals surface area contributed by atoms with Gasteiger partial charge in [-0.05, 0) is 51.2 Å². The van der Waals surface area contributed by atoms with Crippen molar-refractivity contribution in [2.75, 3.05) is 25.4 Å². The number of hydrogen-bond donors (Lipinski definition) is 0. The predicted octanol–water partition coefficient (Wildman–Crippen LogP) is 2.36.